The zero-order valence-corrected chi connectivity index (χ0v) is 40.7. The number of rotatable bonds is 9. The molecule has 1 aliphatic rings. The van der Waals surface area contributed by atoms with E-state index in [-0.39, 0.29) is 0 Å². The van der Waals surface area contributed by atoms with Crippen LogP contribution in [0.3, 0.4) is 0 Å². The Morgan fingerprint density at radius 3 is 1.07 bits per heavy atom. The first-order chi connectivity index (χ1) is 37.2. The third-order valence-electron chi connectivity index (χ3n) is 14.4. The van der Waals surface area contributed by atoms with Gasteiger partial charge < -0.3 is 0 Å². The summed E-state index contributed by atoms with van der Waals surface area (Å²) in [5.74, 6) is 1.70. The minimum atomic E-state index is 0.517. The van der Waals surface area contributed by atoms with Crippen LogP contribution >= 0.6 is 0 Å². The molecule has 0 radical (unpaired) electrons. The molecule has 0 bridgehead atoms. The van der Waals surface area contributed by atoms with Gasteiger partial charge in [-0.2, -0.15) is 9.97 Å². The number of hydrogen-bond acceptors (Lipinski definition) is 5. The minimum absolute atomic E-state index is 0.517. The molecule has 5 nitrogen and oxygen atoms in total. The van der Waals surface area contributed by atoms with Crippen molar-refractivity contribution < 1.29 is 0 Å². The largest absolute Gasteiger partial charge is 0.278 e. The van der Waals surface area contributed by atoms with Gasteiger partial charge in [-0.05, 0) is 96.4 Å². The molecule has 11 aromatic carbocycles. The maximum atomic E-state index is 5.63. The summed E-state index contributed by atoms with van der Waals surface area (Å²) >= 11 is 0. The van der Waals surface area contributed by atoms with Gasteiger partial charge in [0, 0.05) is 27.5 Å². The summed E-state index contributed by atoms with van der Waals surface area (Å²) in [6.07, 6.45) is 0. The molecule has 2 aromatic heterocycles. The molecule has 13 aromatic rings. The van der Waals surface area contributed by atoms with Gasteiger partial charge in [-0.25, -0.2) is 9.97 Å². The van der Waals surface area contributed by atoms with Crippen LogP contribution < -0.4 is 4.90 Å². The molecule has 0 aliphatic carbocycles. The van der Waals surface area contributed by atoms with E-state index in [1.54, 1.807) is 0 Å². The van der Waals surface area contributed by atoms with E-state index >= 15 is 0 Å². The molecule has 3 heterocycles. The molecule has 0 saturated carbocycles. The Morgan fingerprint density at radius 2 is 0.627 bits per heavy atom. The van der Waals surface area contributed by atoms with E-state index in [0.717, 1.165) is 117 Å². The summed E-state index contributed by atoms with van der Waals surface area (Å²) < 4.78 is 0. The fourth-order valence-corrected chi connectivity index (χ4v) is 11.2. The summed E-state index contributed by atoms with van der Waals surface area (Å²) in [6, 6.07) is 97.0. The number of pyridine rings is 1. The molecule has 0 spiro atoms. The van der Waals surface area contributed by atoms with Crippen LogP contribution in [0.25, 0.3) is 122 Å². The van der Waals surface area contributed by atoms with Crippen LogP contribution in [-0.4, -0.2) is 19.9 Å². The average Bonchev–Trinajstić information content (AvgIpc) is 3.50. The van der Waals surface area contributed by atoms with Crippen LogP contribution in [-0.2, 0) is 0 Å². The van der Waals surface area contributed by atoms with Crippen molar-refractivity contribution in [2.45, 2.75) is 0 Å². The highest BCUT2D eigenvalue weighted by atomic mass is 15.3. The normalized spacial score (nSPS) is 11.7. The van der Waals surface area contributed by atoms with E-state index in [2.05, 4.69) is 241 Å². The van der Waals surface area contributed by atoms with Crippen molar-refractivity contribution in [3.63, 3.8) is 0 Å². The van der Waals surface area contributed by atoms with Crippen molar-refractivity contribution in [1.82, 2.24) is 19.9 Å². The molecule has 0 saturated heterocycles. The Kier molecular flexibility index (Phi) is 10.8. The SMILES string of the molecule is c1ccc(-c2nc(-c3ccccc3)nc(N3c4ccc(-c5c(-c6ccccc6)c(-c6ccccc6)c(-c6ccccc6)c(-c6ccccc6)c5-c5ccccc5)cc4-c4nc5ccccc5c5cccc3c45)n2)cc1. The van der Waals surface area contributed by atoms with Crippen LogP contribution in [0, 0.1) is 0 Å². The lowest BCUT2D eigenvalue weighted by Gasteiger charge is -2.33. The van der Waals surface area contributed by atoms with E-state index in [0.29, 0.717) is 17.6 Å². The second kappa shape index (κ2) is 18.5. The Morgan fingerprint density at radius 1 is 0.253 bits per heavy atom. The molecule has 0 N–H and O–H groups in total. The molecule has 5 heteroatoms. The molecular formula is C70H45N5. The summed E-state index contributed by atoms with van der Waals surface area (Å²) in [7, 11) is 0. The third kappa shape index (κ3) is 7.57. The van der Waals surface area contributed by atoms with Crippen molar-refractivity contribution >= 4 is 39.0 Å². The van der Waals surface area contributed by atoms with Crippen molar-refractivity contribution in [2.75, 3.05) is 4.90 Å². The van der Waals surface area contributed by atoms with Gasteiger partial charge in [-0.15, -0.1) is 0 Å². The van der Waals surface area contributed by atoms with Crippen molar-refractivity contribution in [3.05, 3.63) is 273 Å². The van der Waals surface area contributed by atoms with Gasteiger partial charge in [-0.1, -0.05) is 249 Å². The number of hydrogen-bond donors (Lipinski definition) is 0. The van der Waals surface area contributed by atoms with Crippen LogP contribution in [0.2, 0.25) is 0 Å². The van der Waals surface area contributed by atoms with Crippen molar-refractivity contribution in [1.29, 1.82) is 0 Å². The zero-order valence-electron chi connectivity index (χ0n) is 40.7. The van der Waals surface area contributed by atoms with E-state index in [1.165, 1.54) is 5.56 Å². The van der Waals surface area contributed by atoms with Crippen molar-refractivity contribution in [3.8, 4) is 101 Å². The number of anilines is 3. The highest BCUT2D eigenvalue weighted by molar-refractivity contribution is 6.21. The number of fused-ring (bicyclic) bond motifs is 4. The predicted octanol–water partition coefficient (Wildman–Crippen LogP) is 18.4. The quantitative estimate of drug-likeness (QED) is 0.135. The van der Waals surface area contributed by atoms with Gasteiger partial charge in [0.05, 0.1) is 22.6 Å². The Labute approximate surface area is 435 Å². The van der Waals surface area contributed by atoms with Gasteiger partial charge in [0.15, 0.2) is 11.6 Å². The molecule has 0 amide bonds. The summed E-state index contributed by atoms with van der Waals surface area (Å²) in [6.45, 7) is 0. The highest BCUT2D eigenvalue weighted by Crippen LogP contribution is 2.58. The van der Waals surface area contributed by atoms with Gasteiger partial charge in [-0.3, -0.25) is 4.90 Å². The fraction of sp³-hybridized carbons (Fsp3) is 0. The van der Waals surface area contributed by atoms with E-state index < -0.39 is 0 Å². The van der Waals surface area contributed by atoms with Crippen LogP contribution in [0.1, 0.15) is 0 Å². The number of aromatic nitrogens is 4. The zero-order chi connectivity index (χ0) is 49.7. The first kappa shape index (κ1) is 43.7. The summed E-state index contributed by atoms with van der Waals surface area (Å²) in [5.41, 5.74) is 20.0. The Bertz CT molecular complexity index is 4090. The average molecular weight is 956 g/mol. The lowest BCUT2D eigenvalue weighted by atomic mass is 9.74. The maximum absolute atomic E-state index is 5.63. The molecule has 0 atom stereocenters. The topological polar surface area (TPSA) is 54.8 Å². The summed E-state index contributed by atoms with van der Waals surface area (Å²) in [5, 5.41) is 3.22. The molecule has 75 heavy (non-hydrogen) atoms. The van der Waals surface area contributed by atoms with Gasteiger partial charge in [0.2, 0.25) is 5.95 Å². The van der Waals surface area contributed by atoms with E-state index in [9.17, 15) is 0 Å². The Hall–Kier alpha value is -10.1. The lowest BCUT2D eigenvalue weighted by molar-refractivity contribution is 1.02. The predicted molar refractivity (Wildman–Crippen MR) is 310 cm³/mol. The fourth-order valence-electron chi connectivity index (χ4n) is 11.2. The van der Waals surface area contributed by atoms with Crippen LogP contribution in [0.15, 0.2) is 273 Å². The smallest absolute Gasteiger partial charge is 0.238 e. The number of para-hydroxylation sites is 1. The van der Waals surface area contributed by atoms with E-state index in [4.69, 9.17) is 19.9 Å². The first-order valence-corrected chi connectivity index (χ1v) is 25.4. The van der Waals surface area contributed by atoms with Crippen LogP contribution in [0.5, 0.6) is 0 Å². The minimum Gasteiger partial charge on any atom is -0.278 e. The van der Waals surface area contributed by atoms with Crippen molar-refractivity contribution in [2.24, 2.45) is 0 Å². The summed E-state index contributed by atoms with van der Waals surface area (Å²) in [4.78, 5) is 23.7. The second-order valence-electron chi connectivity index (χ2n) is 18.8. The number of nitrogens with zero attached hydrogens (tertiary/aromatic N) is 5. The monoisotopic (exact) mass is 955 g/mol. The van der Waals surface area contributed by atoms with Gasteiger partial charge >= 0.3 is 0 Å². The molecular weight excluding hydrogens is 911 g/mol. The molecule has 350 valence electrons. The molecule has 14 rings (SSSR count). The maximum Gasteiger partial charge on any atom is 0.238 e. The first-order valence-electron chi connectivity index (χ1n) is 25.4. The molecule has 0 fully saturated rings. The van der Waals surface area contributed by atoms with E-state index in [1.807, 2.05) is 36.4 Å². The second-order valence-corrected chi connectivity index (χ2v) is 18.8. The lowest BCUT2D eigenvalue weighted by Crippen LogP contribution is -2.19. The highest BCUT2D eigenvalue weighted by Gasteiger charge is 2.34. The Balaban J connectivity index is 1.15. The van der Waals surface area contributed by atoms with Gasteiger partial charge in [0.25, 0.3) is 0 Å². The third-order valence-corrected chi connectivity index (χ3v) is 14.4. The standard InChI is InChI=1S/C70H45N5/c1-8-25-46(26-9-1)60-61(47-27-10-2-11-28-47)63(49-31-14-4-15-32-49)65(64(50-33-16-5-17-34-50)62(60)48-29-12-3-13-30-48)53-43-44-58-56(45-53)67-66-55(54-39-22-23-41-57(54)71-67)40-24-42-59(66)75(58)70-73-68(51-35-18-6-19-36-51)72-69(74-70)52-37-20-7-21-38-52/h1-45H. The number of benzene rings is 11. The van der Waals surface area contributed by atoms with Crippen LogP contribution in [0.4, 0.5) is 17.3 Å². The molecule has 1 aliphatic heterocycles. The van der Waals surface area contributed by atoms with Gasteiger partial charge in [0.1, 0.15) is 0 Å². The molecule has 0 unspecified atom stereocenters.